The summed E-state index contributed by atoms with van der Waals surface area (Å²) in [5, 5.41) is 13.2. The van der Waals surface area contributed by atoms with E-state index in [9.17, 15) is 9.90 Å². The molecule has 1 aromatic carbocycles. The lowest BCUT2D eigenvalue weighted by atomic mass is 9.77. The van der Waals surface area contributed by atoms with Gasteiger partial charge in [0.15, 0.2) is 0 Å². The average molecular weight is 256 g/mol. The zero-order valence-electron chi connectivity index (χ0n) is 10.6. The lowest BCUT2D eigenvalue weighted by Crippen LogP contribution is -2.56. The van der Waals surface area contributed by atoms with Crippen LogP contribution in [-0.2, 0) is 0 Å². The third-order valence-corrected chi connectivity index (χ3v) is 3.89. The van der Waals surface area contributed by atoms with Crippen LogP contribution in [0.2, 0.25) is 0 Å². The quantitative estimate of drug-likeness (QED) is 0.881. The molecule has 3 rings (SSSR count). The number of para-hydroxylation sites is 1. The highest BCUT2D eigenvalue weighted by Gasteiger charge is 2.38. The topological polar surface area (TPSA) is 62.2 Å². The number of fused-ring (bicyclic) bond motifs is 1. The molecule has 2 aromatic rings. The molecule has 1 aliphatic rings. The SMILES string of the molecule is O=C(NC1(CO)CCC1)c1ccnc2ccccc12. The van der Waals surface area contributed by atoms with E-state index < -0.39 is 5.54 Å². The van der Waals surface area contributed by atoms with Crippen LogP contribution in [0.1, 0.15) is 29.6 Å². The second-order valence-corrected chi connectivity index (χ2v) is 5.12. The number of carbonyl (C=O) groups is 1. The molecule has 0 saturated heterocycles. The molecule has 2 N–H and O–H groups in total. The van der Waals surface area contributed by atoms with E-state index in [1.165, 1.54) is 0 Å². The lowest BCUT2D eigenvalue weighted by molar-refractivity contribution is 0.0643. The standard InChI is InChI=1S/C15H16N2O2/c18-10-15(7-3-8-15)17-14(19)12-6-9-16-13-5-2-1-4-11(12)13/h1-2,4-6,9,18H,3,7-8,10H2,(H,17,19). The highest BCUT2D eigenvalue weighted by molar-refractivity contribution is 6.06. The molecule has 1 aliphatic carbocycles. The Morgan fingerprint density at radius 1 is 1.32 bits per heavy atom. The highest BCUT2D eigenvalue weighted by atomic mass is 16.3. The molecule has 4 heteroatoms. The monoisotopic (exact) mass is 256 g/mol. The normalized spacial score (nSPS) is 16.9. The molecule has 0 radical (unpaired) electrons. The number of nitrogens with one attached hydrogen (secondary N) is 1. The van der Waals surface area contributed by atoms with Gasteiger partial charge in [0.2, 0.25) is 0 Å². The number of hydrogen-bond acceptors (Lipinski definition) is 3. The molecule has 1 saturated carbocycles. The molecule has 1 aromatic heterocycles. The zero-order chi connectivity index (χ0) is 13.3. The molecule has 1 amide bonds. The number of aliphatic hydroxyl groups is 1. The maximum Gasteiger partial charge on any atom is 0.252 e. The predicted octanol–water partition coefficient (Wildman–Crippen LogP) is 1.88. The third-order valence-electron chi connectivity index (χ3n) is 3.89. The summed E-state index contributed by atoms with van der Waals surface area (Å²) in [4.78, 5) is 16.6. The van der Waals surface area contributed by atoms with Crippen molar-refractivity contribution in [1.82, 2.24) is 10.3 Å². The van der Waals surface area contributed by atoms with E-state index in [0.29, 0.717) is 5.56 Å². The van der Waals surface area contributed by atoms with Gasteiger partial charge in [-0.25, -0.2) is 0 Å². The van der Waals surface area contributed by atoms with Gasteiger partial charge in [0.05, 0.1) is 23.2 Å². The summed E-state index contributed by atoms with van der Waals surface area (Å²) in [5.74, 6) is -0.132. The number of aliphatic hydroxyl groups excluding tert-OH is 1. The van der Waals surface area contributed by atoms with E-state index >= 15 is 0 Å². The summed E-state index contributed by atoms with van der Waals surface area (Å²) in [7, 11) is 0. The molecule has 4 nitrogen and oxygen atoms in total. The van der Waals surface area contributed by atoms with Gasteiger partial charge < -0.3 is 10.4 Å². The maximum atomic E-state index is 12.4. The van der Waals surface area contributed by atoms with Crippen molar-refractivity contribution in [1.29, 1.82) is 0 Å². The van der Waals surface area contributed by atoms with Gasteiger partial charge in [-0.1, -0.05) is 18.2 Å². The molecular formula is C15H16N2O2. The Kier molecular flexibility index (Phi) is 2.95. The summed E-state index contributed by atoms with van der Waals surface area (Å²) in [6.07, 6.45) is 4.39. The van der Waals surface area contributed by atoms with Crippen LogP contribution in [0.25, 0.3) is 10.9 Å². The van der Waals surface area contributed by atoms with E-state index in [2.05, 4.69) is 10.3 Å². The van der Waals surface area contributed by atoms with Crippen LogP contribution in [0.4, 0.5) is 0 Å². The fraction of sp³-hybridized carbons (Fsp3) is 0.333. The first kappa shape index (κ1) is 12.1. The van der Waals surface area contributed by atoms with Crippen molar-refractivity contribution in [3.05, 3.63) is 42.1 Å². The average Bonchev–Trinajstić information content (AvgIpc) is 2.42. The van der Waals surface area contributed by atoms with Crippen molar-refractivity contribution < 1.29 is 9.90 Å². The lowest BCUT2D eigenvalue weighted by Gasteiger charge is -2.41. The summed E-state index contributed by atoms with van der Waals surface area (Å²) >= 11 is 0. The minimum atomic E-state index is -0.415. The zero-order valence-corrected chi connectivity index (χ0v) is 10.6. The Morgan fingerprint density at radius 3 is 2.79 bits per heavy atom. The van der Waals surface area contributed by atoms with E-state index in [1.807, 2.05) is 24.3 Å². The molecule has 1 fully saturated rings. The number of rotatable bonds is 3. The Hall–Kier alpha value is -1.94. The van der Waals surface area contributed by atoms with Gasteiger partial charge in [-0.2, -0.15) is 0 Å². The molecule has 0 bridgehead atoms. The maximum absolute atomic E-state index is 12.4. The summed E-state index contributed by atoms with van der Waals surface area (Å²) in [6.45, 7) is 0.00174. The van der Waals surface area contributed by atoms with Gasteiger partial charge in [-0.3, -0.25) is 9.78 Å². The van der Waals surface area contributed by atoms with Crippen molar-refractivity contribution in [2.24, 2.45) is 0 Å². The second-order valence-electron chi connectivity index (χ2n) is 5.12. The Balaban J connectivity index is 1.93. The van der Waals surface area contributed by atoms with Crippen molar-refractivity contribution in [2.75, 3.05) is 6.61 Å². The summed E-state index contributed by atoms with van der Waals surface area (Å²) < 4.78 is 0. The number of benzene rings is 1. The number of aromatic nitrogens is 1. The number of nitrogens with zero attached hydrogens (tertiary/aromatic N) is 1. The van der Waals surface area contributed by atoms with Crippen LogP contribution in [-0.4, -0.2) is 28.1 Å². The summed E-state index contributed by atoms with van der Waals surface area (Å²) in [6, 6.07) is 9.30. The number of amides is 1. The van der Waals surface area contributed by atoms with Gasteiger partial charge in [0.1, 0.15) is 0 Å². The van der Waals surface area contributed by atoms with Gasteiger partial charge in [0, 0.05) is 11.6 Å². The smallest absolute Gasteiger partial charge is 0.252 e. The molecule has 0 spiro atoms. The second kappa shape index (κ2) is 4.63. The van der Waals surface area contributed by atoms with E-state index in [4.69, 9.17) is 0 Å². The fourth-order valence-corrected chi connectivity index (χ4v) is 2.53. The Bertz CT molecular complexity index is 610. The molecule has 0 unspecified atom stereocenters. The first-order chi connectivity index (χ1) is 9.24. The van der Waals surface area contributed by atoms with Crippen LogP contribution < -0.4 is 5.32 Å². The predicted molar refractivity (Wildman–Crippen MR) is 72.9 cm³/mol. The molecule has 19 heavy (non-hydrogen) atoms. The largest absolute Gasteiger partial charge is 0.394 e. The minimum absolute atomic E-state index is 0.00174. The molecule has 0 atom stereocenters. The van der Waals surface area contributed by atoms with Crippen LogP contribution in [0.15, 0.2) is 36.5 Å². The highest BCUT2D eigenvalue weighted by Crippen LogP contribution is 2.31. The van der Waals surface area contributed by atoms with Crippen LogP contribution in [0, 0.1) is 0 Å². The first-order valence-corrected chi connectivity index (χ1v) is 6.51. The third kappa shape index (κ3) is 2.08. The molecular weight excluding hydrogens is 240 g/mol. The summed E-state index contributed by atoms with van der Waals surface area (Å²) in [5.41, 5.74) is 1.01. The minimum Gasteiger partial charge on any atom is -0.394 e. The number of hydrogen-bond donors (Lipinski definition) is 2. The van der Waals surface area contributed by atoms with Crippen molar-refractivity contribution in [3.63, 3.8) is 0 Å². The van der Waals surface area contributed by atoms with E-state index in [-0.39, 0.29) is 12.5 Å². The molecule has 0 aliphatic heterocycles. The van der Waals surface area contributed by atoms with Crippen molar-refractivity contribution >= 4 is 16.8 Å². The van der Waals surface area contributed by atoms with Crippen LogP contribution >= 0.6 is 0 Å². The van der Waals surface area contributed by atoms with E-state index in [0.717, 1.165) is 30.2 Å². The number of pyridine rings is 1. The van der Waals surface area contributed by atoms with Gasteiger partial charge >= 0.3 is 0 Å². The van der Waals surface area contributed by atoms with Gasteiger partial charge in [0.25, 0.3) is 5.91 Å². The van der Waals surface area contributed by atoms with Crippen molar-refractivity contribution in [2.45, 2.75) is 24.8 Å². The first-order valence-electron chi connectivity index (χ1n) is 6.51. The van der Waals surface area contributed by atoms with Crippen LogP contribution in [0.3, 0.4) is 0 Å². The van der Waals surface area contributed by atoms with Crippen LogP contribution in [0.5, 0.6) is 0 Å². The molecule has 1 heterocycles. The van der Waals surface area contributed by atoms with Gasteiger partial charge in [-0.05, 0) is 31.4 Å². The Labute approximate surface area is 111 Å². The van der Waals surface area contributed by atoms with Gasteiger partial charge in [-0.15, -0.1) is 0 Å². The molecule has 98 valence electrons. The van der Waals surface area contributed by atoms with E-state index in [1.54, 1.807) is 12.3 Å². The number of carbonyl (C=O) groups excluding carboxylic acids is 1. The fourth-order valence-electron chi connectivity index (χ4n) is 2.53. The van der Waals surface area contributed by atoms with Crippen molar-refractivity contribution in [3.8, 4) is 0 Å². The Morgan fingerprint density at radius 2 is 2.11 bits per heavy atom.